The van der Waals surface area contributed by atoms with Gasteiger partial charge in [0.25, 0.3) is 5.91 Å². The minimum Gasteiger partial charge on any atom is -0.269 e. The molecule has 13 heavy (non-hydrogen) atoms. The maximum absolute atomic E-state index is 11.6. The van der Waals surface area contributed by atoms with E-state index in [1.807, 2.05) is 0 Å². The van der Waals surface area contributed by atoms with Crippen molar-refractivity contribution in [2.75, 3.05) is 0 Å². The summed E-state index contributed by atoms with van der Waals surface area (Å²) in [6, 6.07) is 0. The lowest BCUT2D eigenvalue weighted by Crippen LogP contribution is -2.40. The quantitative estimate of drug-likeness (QED) is 0.686. The first kappa shape index (κ1) is 11.9. The zero-order valence-corrected chi connectivity index (χ0v) is 7.29. The van der Waals surface area contributed by atoms with Crippen LogP contribution in [0.3, 0.4) is 0 Å². The highest BCUT2D eigenvalue weighted by atomic mass is 32.2. The summed E-state index contributed by atoms with van der Waals surface area (Å²) in [4.78, 5) is 10.5. The average molecular weight is 217 g/mol. The van der Waals surface area contributed by atoms with Gasteiger partial charge >= 0.3 is 15.5 Å². The molecule has 0 heterocycles. The highest BCUT2D eigenvalue weighted by Gasteiger charge is 2.46. The monoisotopic (exact) mass is 217 g/mol. The maximum atomic E-state index is 11.6. The molecule has 1 amide bonds. The van der Waals surface area contributed by atoms with E-state index >= 15 is 0 Å². The second kappa shape index (κ2) is 3.36. The van der Waals surface area contributed by atoms with Crippen molar-refractivity contribution in [3.8, 4) is 0 Å². The second-order valence-corrected chi connectivity index (χ2v) is 3.83. The van der Waals surface area contributed by atoms with E-state index < -0.39 is 21.4 Å². The Hall–Kier alpha value is -1.05. The minimum atomic E-state index is -5.60. The molecular formula is C5H6F3NO3S. The predicted octanol–water partition coefficient (Wildman–Crippen LogP) is 0.528. The third kappa shape index (κ3) is 3.05. The van der Waals surface area contributed by atoms with Crippen molar-refractivity contribution in [2.45, 2.75) is 12.4 Å². The molecule has 1 N–H and O–H groups in total. The number of hydrogen-bond acceptors (Lipinski definition) is 3. The van der Waals surface area contributed by atoms with Crippen LogP contribution in [0.4, 0.5) is 13.2 Å². The standard InChI is InChI=1S/C5H6F3NO3S/c1-3(2)4(10)9-13(11,12)5(6,7)8/h1H2,2H3,(H,9,10). The van der Waals surface area contributed by atoms with E-state index in [0.717, 1.165) is 11.6 Å². The first-order chi connectivity index (χ1) is 5.58. The minimum absolute atomic E-state index is 0.326. The number of hydrogen-bond donors (Lipinski definition) is 1. The van der Waals surface area contributed by atoms with Gasteiger partial charge in [-0.3, -0.25) is 4.79 Å². The van der Waals surface area contributed by atoms with Crippen LogP contribution >= 0.6 is 0 Å². The summed E-state index contributed by atoms with van der Waals surface area (Å²) < 4.78 is 56.2. The normalized spacial score (nSPS) is 12.3. The number of alkyl halides is 3. The van der Waals surface area contributed by atoms with Gasteiger partial charge in [0.05, 0.1) is 0 Å². The van der Waals surface area contributed by atoms with E-state index in [1.54, 1.807) is 0 Å². The number of nitrogens with one attached hydrogen (secondary N) is 1. The Morgan fingerprint density at radius 3 is 2.00 bits per heavy atom. The first-order valence-corrected chi connectivity index (χ1v) is 4.35. The summed E-state index contributed by atoms with van der Waals surface area (Å²) in [7, 11) is -5.60. The Bertz CT molecular complexity index is 329. The largest absolute Gasteiger partial charge is 0.516 e. The second-order valence-electron chi connectivity index (χ2n) is 2.16. The third-order valence-electron chi connectivity index (χ3n) is 0.919. The molecule has 0 radical (unpaired) electrons. The Morgan fingerprint density at radius 2 is 1.77 bits per heavy atom. The van der Waals surface area contributed by atoms with Crippen molar-refractivity contribution < 1.29 is 26.4 Å². The maximum Gasteiger partial charge on any atom is 0.516 e. The molecule has 0 spiro atoms. The van der Waals surface area contributed by atoms with Crippen LogP contribution in [0, 0.1) is 0 Å². The lowest BCUT2D eigenvalue weighted by Gasteiger charge is -2.08. The molecule has 4 nitrogen and oxygen atoms in total. The van der Waals surface area contributed by atoms with Crippen molar-refractivity contribution in [1.82, 2.24) is 4.72 Å². The summed E-state index contributed by atoms with van der Waals surface area (Å²) in [6.45, 7) is 4.06. The van der Waals surface area contributed by atoms with E-state index in [1.165, 1.54) is 0 Å². The van der Waals surface area contributed by atoms with Gasteiger partial charge in [-0.25, -0.2) is 4.72 Å². The summed E-state index contributed by atoms with van der Waals surface area (Å²) >= 11 is 0. The summed E-state index contributed by atoms with van der Waals surface area (Å²) in [5, 5.41) is 0. The van der Waals surface area contributed by atoms with Gasteiger partial charge in [-0.15, -0.1) is 0 Å². The summed E-state index contributed by atoms with van der Waals surface area (Å²) in [5.74, 6) is -1.38. The van der Waals surface area contributed by atoms with Crippen LogP contribution in [0.25, 0.3) is 0 Å². The molecule has 0 unspecified atom stereocenters. The molecule has 0 saturated carbocycles. The molecule has 0 bridgehead atoms. The van der Waals surface area contributed by atoms with Gasteiger partial charge in [0.2, 0.25) is 0 Å². The zero-order valence-electron chi connectivity index (χ0n) is 6.47. The molecule has 0 aliphatic rings. The molecule has 0 aliphatic heterocycles. The van der Waals surface area contributed by atoms with E-state index in [0.29, 0.717) is 0 Å². The van der Waals surface area contributed by atoms with E-state index in [9.17, 15) is 26.4 Å². The molecule has 0 rings (SSSR count). The lowest BCUT2D eigenvalue weighted by atomic mass is 10.3. The smallest absolute Gasteiger partial charge is 0.269 e. The number of rotatable bonds is 2. The Balaban J connectivity index is 4.75. The van der Waals surface area contributed by atoms with Crippen molar-refractivity contribution in [2.24, 2.45) is 0 Å². The highest BCUT2D eigenvalue weighted by Crippen LogP contribution is 2.21. The van der Waals surface area contributed by atoms with Gasteiger partial charge in [0, 0.05) is 5.57 Å². The fourth-order valence-corrected chi connectivity index (χ4v) is 0.801. The van der Waals surface area contributed by atoms with Gasteiger partial charge in [-0.2, -0.15) is 21.6 Å². The lowest BCUT2D eigenvalue weighted by molar-refractivity contribution is -0.116. The van der Waals surface area contributed by atoms with Crippen LogP contribution in [0.2, 0.25) is 0 Å². The summed E-state index contributed by atoms with van der Waals surface area (Å²) in [5.41, 5.74) is -5.81. The van der Waals surface area contributed by atoms with E-state index in [4.69, 9.17) is 0 Å². The Kier molecular flexibility index (Phi) is 3.09. The number of halogens is 3. The van der Waals surface area contributed by atoms with Crippen molar-refractivity contribution in [3.05, 3.63) is 12.2 Å². The molecule has 0 aromatic rings. The first-order valence-electron chi connectivity index (χ1n) is 2.87. The Labute approximate surface area is 72.5 Å². The number of carbonyl (C=O) groups is 1. The molecule has 0 aliphatic carbocycles. The van der Waals surface area contributed by atoms with Crippen molar-refractivity contribution in [1.29, 1.82) is 0 Å². The van der Waals surface area contributed by atoms with Gasteiger partial charge in [0.15, 0.2) is 0 Å². The van der Waals surface area contributed by atoms with E-state index in [-0.39, 0.29) is 5.57 Å². The SMILES string of the molecule is C=C(C)C(=O)NS(=O)(=O)C(F)(F)F. The van der Waals surface area contributed by atoms with Crippen LogP contribution in [0.5, 0.6) is 0 Å². The van der Waals surface area contributed by atoms with E-state index in [2.05, 4.69) is 6.58 Å². The average Bonchev–Trinajstić information content (AvgIpc) is 1.83. The number of sulfonamides is 1. The van der Waals surface area contributed by atoms with Crippen molar-refractivity contribution in [3.63, 3.8) is 0 Å². The number of amides is 1. The van der Waals surface area contributed by atoms with Gasteiger partial charge in [-0.1, -0.05) is 6.58 Å². The fraction of sp³-hybridized carbons (Fsp3) is 0.400. The summed E-state index contributed by atoms with van der Waals surface area (Å²) in [6.07, 6.45) is 0. The van der Waals surface area contributed by atoms with Gasteiger partial charge in [0.1, 0.15) is 0 Å². The Morgan fingerprint density at radius 1 is 1.38 bits per heavy atom. The zero-order chi connectivity index (χ0) is 10.9. The molecule has 0 saturated heterocycles. The highest BCUT2D eigenvalue weighted by molar-refractivity contribution is 7.90. The van der Waals surface area contributed by atoms with Gasteiger partial charge < -0.3 is 0 Å². The molecule has 76 valence electrons. The topological polar surface area (TPSA) is 63.2 Å². The molecule has 0 fully saturated rings. The van der Waals surface area contributed by atoms with Crippen LogP contribution in [0.1, 0.15) is 6.92 Å². The molecule has 0 aromatic carbocycles. The predicted molar refractivity (Wildman–Crippen MR) is 37.9 cm³/mol. The number of carbonyl (C=O) groups excluding carboxylic acids is 1. The van der Waals surface area contributed by atoms with Crippen LogP contribution in [-0.4, -0.2) is 19.8 Å². The molecule has 8 heteroatoms. The molecular weight excluding hydrogens is 211 g/mol. The third-order valence-corrected chi connectivity index (χ3v) is 1.98. The molecule has 0 atom stereocenters. The molecule has 0 aromatic heterocycles. The van der Waals surface area contributed by atoms with Gasteiger partial charge in [-0.05, 0) is 6.92 Å². The fourth-order valence-electron chi connectivity index (χ4n) is 0.267. The van der Waals surface area contributed by atoms with Crippen LogP contribution in [0.15, 0.2) is 12.2 Å². The van der Waals surface area contributed by atoms with Crippen LogP contribution in [-0.2, 0) is 14.8 Å². The van der Waals surface area contributed by atoms with Crippen molar-refractivity contribution >= 4 is 15.9 Å². The van der Waals surface area contributed by atoms with Crippen LogP contribution < -0.4 is 4.72 Å².